The van der Waals surface area contributed by atoms with E-state index >= 15 is 0 Å². The van der Waals surface area contributed by atoms with Gasteiger partial charge < -0.3 is 4.90 Å². The maximum absolute atomic E-state index is 12.3. The van der Waals surface area contributed by atoms with E-state index in [0.29, 0.717) is 17.8 Å². The Morgan fingerprint density at radius 2 is 2.41 bits per heavy atom. The molecule has 0 aromatic carbocycles. The second-order valence-corrected chi connectivity index (χ2v) is 5.69. The SMILES string of the molecule is CC1CN2CCCC2CN1C(=O)c1cscn1. The normalized spacial score (nSPS) is 29.4. The van der Waals surface area contributed by atoms with Gasteiger partial charge >= 0.3 is 0 Å². The Bertz CT molecular complexity index is 406. The molecule has 0 bridgehead atoms. The van der Waals surface area contributed by atoms with Gasteiger partial charge in [-0.2, -0.15) is 0 Å². The van der Waals surface area contributed by atoms with Gasteiger partial charge in [0.1, 0.15) is 5.69 Å². The molecule has 17 heavy (non-hydrogen) atoms. The third kappa shape index (κ3) is 1.98. The molecule has 3 heterocycles. The van der Waals surface area contributed by atoms with Crippen molar-refractivity contribution in [2.24, 2.45) is 0 Å². The second kappa shape index (κ2) is 4.38. The molecule has 0 radical (unpaired) electrons. The van der Waals surface area contributed by atoms with Crippen LogP contribution in [0, 0.1) is 0 Å². The lowest BCUT2D eigenvalue weighted by molar-refractivity contribution is 0.0391. The van der Waals surface area contributed by atoms with Gasteiger partial charge in [0.25, 0.3) is 5.91 Å². The van der Waals surface area contributed by atoms with E-state index in [-0.39, 0.29) is 5.91 Å². The van der Waals surface area contributed by atoms with Crippen molar-refractivity contribution in [3.63, 3.8) is 0 Å². The fraction of sp³-hybridized carbons (Fsp3) is 0.667. The van der Waals surface area contributed by atoms with Gasteiger partial charge in [-0.15, -0.1) is 11.3 Å². The number of rotatable bonds is 1. The van der Waals surface area contributed by atoms with Crippen LogP contribution in [0.25, 0.3) is 0 Å². The van der Waals surface area contributed by atoms with Crippen LogP contribution >= 0.6 is 11.3 Å². The van der Waals surface area contributed by atoms with E-state index in [2.05, 4.69) is 16.8 Å². The maximum Gasteiger partial charge on any atom is 0.273 e. The van der Waals surface area contributed by atoms with Crippen LogP contribution in [0.15, 0.2) is 10.9 Å². The van der Waals surface area contributed by atoms with Gasteiger partial charge in [0.05, 0.1) is 5.51 Å². The fourth-order valence-corrected chi connectivity index (χ4v) is 3.46. The second-order valence-electron chi connectivity index (χ2n) is 4.97. The molecule has 92 valence electrons. The largest absolute Gasteiger partial charge is 0.332 e. The number of nitrogens with zero attached hydrogens (tertiary/aromatic N) is 3. The number of carbonyl (C=O) groups is 1. The van der Waals surface area contributed by atoms with Crippen molar-refractivity contribution < 1.29 is 4.79 Å². The highest BCUT2D eigenvalue weighted by atomic mass is 32.1. The molecule has 2 atom stereocenters. The first-order chi connectivity index (χ1) is 8.25. The molecule has 1 aromatic heterocycles. The highest BCUT2D eigenvalue weighted by Gasteiger charge is 2.36. The Balaban J connectivity index is 1.76. The van der Waals surface area contributed by atoms with E-state index in [0.717, 1.165) is 13.1 Å². The molecule has 0 aliphatic carbocycles. The average Bonchev–Trinajstić information content (AvgIpc) is 2.97. The Hall–Kier alpha value is -0.940. The van der Waals surface area contributed by atoms with Crippen molar-refractivity contribution in [2.75, 3.05) is 19.6 Å². The van der Waals surface area contributed by atoms with Gasteiger partial charge in [-0.1, -0.05) is 0 Å². The number of amides is 1. The molecular weight excluding hydrogens is 234 g/mol. The standard InChI is InChI=1S/C12H17N3OS/c1-9-5-14-4-2-3-10(14)6-15(9)12(16)11-7-17-8-13-11/h7-10H,2-6H2,1H3. The zero-order valence-electron chi connectivity index (χ0n) is 10.0. The predicted octanol–water partition coefficient (Wildman–Crippen LogP) is 1.45. The van der Waals surface area contributed by atoms with E-state index in [9.17, 15) is 4.79 Å². The first kappa shape index (κ1) is 11.2. The number of fused-ring (bicyclic) bond motifs is 1. The van der Waals surface area contributed by atoms with E-state index in [4.69, 9.17) is 0 Å². The minimum Gasteiger partial charge on any atom is -0.332 e. The summed E-state index contributed by atoms with van der Waals surface area (Å²) >= 11 is 1.48. The molecule has 1 aromatic rings. The summed E-state index contributed by atoms with van der Waals surface area (Å²) in [4.78, 5) is 21.0. The summed E-state index contributed by atoms with van der Waals surface area (Å²) in [7, 11) is 0. The predicted molar refractivity (Wildman–Crippen MR) is 67.2 cm³/mol. The van der Waals surface area contributed by atoms with Crippen molar-refractivity contribution in [3.8, 4) is 0 Å². The molecule has 4 nitrogen and oxygen atoms in total. The lowest BCUT2D eigenvalue weighted by Crippen LogP contribution is -2.56. The molecule has 2 unspecified atom stereocenters. The molecule has 0 saturated carbocycles. The first-order valence-corrected chi connectivity index (χ1v) is 7.13. The van der Waals surface area contributed by atoms with Crippen LogP contribution < -0.4 is 0 Å². The van der Waals surface area contributed by atoms with Crippen molar-refractivity contribution in [3.05, 3.63) is 16.6 Å². The number of hydrogen-bond donors (Lipinski definition) is 0. The lowest BCUT2D eigenvalue weighted by Gasteiger charge is -2.42. The highest BCUT2D eigenvalue weighted by Crippen LogP contribution is 2.25. The van der Waals surface area contributed by atoms with Gasteiger partial charge in [0, 0.05) is 30.6 Å². The summed E-state index contributed by atoms with van der Waals surface area (Å²) in [6, 6.07) is 0.882. The smallest absolute Gasteiger partial charge is 0.273 e. The van der Waals surface area contributed by atoms with Gasteiger partial charge in [-0.3, -0.25) is 9.69 Å². The molecule has 2 fully saturated rings. The van der Waals surface area contributed by atoms with Crippen LogP contribution in [0.4, 0.5) is 0 Å². The van der Waals surface area contributed by atoms with E-state index in [1.165, 1.54) is 30.7 Å². The minimum absolute atomic E-state index is 0.102. The van der Waals surface area contributed by atoms with Crippen LogP contribution in [-0.2, 0) is 0 Å². The summed E-state index contributed by atoms with van der Waals surface area (Å²) in [5.74, 6) is 0.102. The molecule has 0 spiro atoms. The summed E-state index contributed by atoms with van der Waals surface area (Å²) in [6.07, 6.45) is 2.50. The van der Waals surface area contributed by atoms with Crippen LogP contribution in [-0.4, -0.2) is 52.4 Å². The summed E-state index contributed by atoms with van der Waals surface area (Å²) < 4.78 is 0. The zero-order chi connectivity index (χ0) is 11.8. The average molecular weight is 251 g/mol. The van der Waals surface area contributed by atoms with Crippen molar-refractivity contribution in [1.82, 2.24) is 14.8 Å². The molecule has 2 saturated heterocycles. The Labute approximate surface area is 105 Å². The minimum atomic E-state index is 0.102. The number of carbonyl (C=O) groups excluding carboxylic acids is 1. The van der Waals surface area contributed by atoms with Gasteiger partial charge in [0.15, 0.2) is 0 Å². The van der Waals surface area contributed by atoms with Crippen LogP contribution in [0.2, 0.25) is 0 Å². The molecule has 1 amide bonds. The summed E-state index contributed by atoms with van der Waals surface area (Å²) in [5, 5.41) is 1.84. The van der Waals surface area contributed by atoms with Crippen molar-refractivity contribution in [1.29, 1.82) is 0 Å². The van der Waals surface area contributed by atoms with Crippen molar-refractivity contribution >= 4 is 17.2 Å². The number of aromatic nitrogens is 1. The van der Waals surface area contributed by atoms with Crippen LogP contribution in [0.5, 0.6) is 0 Å². The number of hydrogen-bond acceptors (Lipinski definition) is 4. The Morgan fingerprint density at radius 3 is 3.18 bits per heavy atom. The topological polar surface area (TPSA) is 36.4 Å². The molecule has 0 N–H and O–H groups in total. The Kier molecular flexibility index (Phi) is 2.88. The summed E-state index contributed by atoms with van der Waals surface area (Å²) in [5.41, 5.74) is 2.33. The first-order valence-electron chi connectivity index (χ1n) is 6.19. The third-order valence-corrected chi connectivity index (χ3v) is 4.44. The Morgan fingerprint density at radius 1 is 1.53 bits per heavy atom. The molecular formula is C12H17N3OS. The lowest BCUT2D eigenvalue weighted by atomic mass is 10.1. The van der Waals surface area contributed by atoms with E-state index in [1.54, 1.807) is 5.51 Å². The summed E-state index contributed by atoms with van der Waals surface area (Å²) in [6.45, 7) is 5.23. The van der Waals surface area contributed by atoms with Gasteiger partial charge in [-0.25, -0.2) is 4.98 Å². The van der Waals surface area contributed by atoms with Crippen molar-refractivity contribution in [2.45, 2.75) is 31.8 Å². The molecule has 3 rings (SSSR count). The third-order valence-electron chi connectivity index (χ3n) is 3.85. The highest BCUT2D eigenvalue weighted by molar-refractivity contribution is 7.07. The van der Waals surface area contributed by atoms with E-state index < -0.39 is 0 Å². The quantitative estimate of drug-likeness (QED) is 0.758. The number of thiazole rings is 1. The maximum atomic E-state index is 12.3. The van der Waals surface area contributed by atoms with E-state index in [1.807, 2.05) is 10.3 Å². The molecule has 2 aliphatic rings. The molecule has 5 heteroatoms. The van der Waals surface area contributed by atoms with Gasteiger partial charge in [-0.05, 0) is 26.3 Å². The fourth-order valence-electron chi connectivity index (χ4n) is 2.94. The van der Waals surface area contributed by atoms with Gasteiger partial charge in [0.2, 0.25) is 0 Å². The monoisotopic (exact) mass is 251 g/mol. The van der Waals surface area contributed by atoms with Crippen LogP contribution in [0.3, 0.4) is 0 Å². The van der Waals surface area contributed by atoms with Crippen LogP contribution in [0.1, 0.15) is 30.3 Å². The zero-order valence-corrected chi connectivity index (χ0v) is 10.8. The molecule has 2 aliphatic heterocycles. The number of piperazine rings is 1.